The van der Waals surface area contributed by atoms with E-state index in [9.17, 15) is 9.90 Å². The average Bonchev–Trinajstić information content (AvgIpc) is 3.47. The Labute approximate surface area is 230 Å². The van der Waals surface area contributed by atoms with Crippen molar-refractivity contribution in [3.8, 4) is 11.5 Å². The molecule has 1 aromatic heterocycles. The molecule has 0 saturated carbocycles. The summed E-state index contributed by atoms with van der Waals surface area (Å²) >= 11 is 3.33. The van der Waals surface area contributed by atoms with Crippen LogP contribution in [-0.2, 0) is 6.54 Å². The van der Waals surface area contributed by atoms with E-state index in [2.05, 4.69) is 47.6 Å². The van der Waals surface area contributed by atoms with Gasteiger partial charge in [0, 0.05) is 29.1 Å². The van der Waals surface area contributed by atoms with Gasteiger partial charge in [-0.3, -0.25) is 0 Å². The maximum atomic E-state index is 12.1. The van der Waals surface area contributed by atoms with E-state index in [1.807, 2.05) is 36.4 Å². The second-order valence-electron chi connectivity index (χ2n) is 8.61. The summed E-state index contributed by atoms with van der Waals surface area (Å²) in [6, 6.07) is 19.1. The molecule has 0 atom stereocenters. The summed E-state index contributed by atoms with van der Waals surface area (Å²) in [5.74, 6) is 0.396. The van der Waals surface area contributed by atoms with Gasteiger partial charge in [-0.2, -0.15) is 4.57 Å². The fourth-order valence-corrected chi connectivity index (χ4v) is 6.98. The monoisotopic (exact) mass is 544 g/mol. The average molecular weight is 545 g/mol. The van der Waals surface area contributed by atoms with Gasteiger partial charge in [-0.25, -0.2) is 0 Å². The number of aryl methyl sites for hydroxylation is 1. The highest BCUT2D eigenvalue weighted by Crippen LogP contribution is 2.48. The zero-order valence-electron chi connectivity index (χ0n) is 21.7. The number of anilines is 1. The van der Waals surface area contributed by atoms with Gasteiger partial charge >= 0.3 is 0 Å². The third-order valence-electron chi connectivity index (χ3n) is 6.52. The lowest BCUT2D eigenvalue weighted by atomic mass is 9.99. The lowest BCUT2D eigenvalue weighted by Crippen LogP contribution is -2.33. The van der Waals surface area contributed by atoms with Crippen molar-refractivity contribution in [2.24, 2.45) is 0 Å². The Kier molecular flexibility index (Phi) is 7.44. The summed E-state index contributed by atoms with van der Waals surface area (Å²) in [5.41, 5.74) is 3.72. The molecule has 8 heteroatoms. The molecule has 0 saturated heterocycles. The number of carboxylic acid groups (broad SMARTS) is 1. The summed E-state index contributed by atoms with van der Waals surface area (Å²) in [6.07, 6.45) is 4.15. The van der Waals surface area contributed by atoms with Crippen LogP contribution in [0, 0.1) is 0 Å². The molecule has 5 rings (SSSR count). The van der Waals surface area contributed by atoms with Crippen LogP contribution >= 0.6 is 23.1 Å². The van der Waals surface area contributed by atoms with Gasteiger partial charge in [-0.05, 0) is 55.3 Å². The smallest absolute Gasteiger partial charge is 0.263 e. The number of thioether (sulfide) groups is 1. The summed E-state index contributed by atoms with van der Waals surface area (Å²) in [4.78, 5) is 15.5. The summed E-state index contributed by atoms with van der Waals surface area (Å²) in [6.45, 7) is 5.72. The third-order valence-corrected chi connectivity index (χ3v) is 8.75. The van der Waals surface area contributed by atoms with Crippen LogP contribution in [-0.4, -0.2) is 26.7 Å². The van der Waals surface area contributed by atoms with E-state index >= 15 is 0 Å². The SMILES string of the molecule is CCN1/C(=C/C(=C/c2sc3ccc(OC)cc3[n+]2CC)c2ccccc2C(=O)[O-])Sc2ccc(OC)cc21. The number of carbonyl (C=O) groups excluding carboxylic acids is 1. The molecule has 38 heavy (non-hydrogen) atoms. The molecule has 6 nitrogen and oxygen atoms in total. The number of hydrogen-bond donors (Lipinski definition) is 0. The molecule has 194 valence electrons. The lowest BCUT2D eigenvalue weighted by Gasteiger charge is -2.19. The van der Waals surface area contributed by atoms with E-state index in [1.165, 1.54) is 0 Å². The van der Waals surface area contributed by atoms with E-state index in [1.54, 1.807) is 49.5 Å². The number of hydrogen-bond acceptors (Lipinski definition) is 7. The van der Waals surface area contributed by atoms with Crippen molar-refractivity contribution < 1.29 is 23.9 Å². The number of methoxy groups -OCH3 is 2. The maximum absolute atomic E-state index is 12.1. The van der Waals surface area contributed by atoms with Crippen LogP contribution in [0.4, 0.5) is 5.69 Å². The molecular formula is C30H28N2O4S2. The maximum Gasteiger partial charge on any atom is 0.263 e. The van der Waals surface area contributed by atoms with Gasteiger partial charge in [0.15, 0.2) is 0 Å². The van der Waals surface area contributed by atoms with E-state index in [0.29, 0.717) is 5.56 Å². The van der Waals surface area contributed by atoms with E-state index in [0.717, 1.165) is 61.0 Å². The topological polar surface area (TPSA) is 65.7 Å². The molecule has 4 aromatic rings. The minimum Gasteiger partial charge on any atom is -0.545 e. The Hall–Kier alpha value is -3.75. The Morgan fingerprint density at radius 2 is 1.71 bits per heavy atom. The van der Waals surface area contributed by atoms with Crippen LogP contribution in [0.3, 0.4) is 0 Å². The quantitative estimate of drug-likeness (QED) is 0.269. The van der Waals surface area contributed by atoms with E-state index in [-0.39, 0.29) is 5.56 Å². The molecule has 0 radical (unpaired) electrons. The van der Waals surface area contributed by atoms with Crippen molar-refractivity contribution >= 4 is 56.6 Å². The van der Waals surface area contributed by atoms with Gasteiger partial charge in [-0.15, -0.1) is 0 Å². The van der Waals surface area contributed by atoms with Gasteiger partial charge in [0.1, 0.15) is 22.7 Å². The van der Waals surface area contributed by atoms with Gasteiger partial charge in [0.05, 0.1) is 37.0 Å². The Morgan fingerprint density at radius 3 is 2.39 bits per heavy atom. The highest BCUT2D eigenvalue weighted by atomic mass is 32.2. The summed E-state index contributed by atoms with van der Waals surface area (Å²) in [5, 5.41) is 14.1. The highest BCUT2D eigenvalue weighted by Gasteiger charge is 2.26. The molecule has 0 fully saturated rings. The van der Waals surface area contributed by atoms with Gasteiger partial charge in [0.25, 0.3) is 5.01 Å². The zero-order chi connectivity index (χ0) is 26.8. The number of rotatable bonds is 8. The second kappa shape index (κ2) is 10.9. The number of aromatic nitrogens is 1. The number of carboxylic acids is 1. The van der Waals surface area contributed by atoms with E-state index in [4.69, 9.17) is 9.47 Å². The minimum absolute atomic E-state index is 0.159. The first kappa shape index (κ1) is 25.9. The number of nitrogens with zero attached hydrogens (tertiary/aromatic N) is 2. The Morgan fingerprint density at radius 1 is 1.00 bits per heavy atom. The standard InChI is InChI=1S/C30H28N2O4S2/c1-5-31-24-17-20(35-3)11-13-26(24)37-28(31)15-19(22-9-7-8-10-23(22)30(33)34)16-29-32(6-2)25-18-21(36-4)12-14-27(25)38-29/h7-18H,5-6H2,1-4H3. The number of allylic oxidation sites excluding steroid dienone is 2. The molecule has 2 heterocycles. The van der Waals surface area contributed by atoms with Crippen molar-refractivity contribution in [2.75, 3.05) is 25.7 Å². The van der Waals surface area contributed by atoms with Crippen LogP contribution in [0.15, 0.2) is 76.7 Å². The first-order valence-corrected chi connectivity index (χ1v) is 14.0. The predicted molar refractivity (Wildman–Crippen MR) is 153 cm³/mol. The number of ether oxygens (including phenoxy) is 2. The third kappa shape index (κ3) is 4.77. The molecule has 1 aliphatic heterocycles. The van der Waals surface area contributed by atoms with E-state index < -0.39 is 5.97 Å². The van der Waals surface area contributed by atoms with Crippen LogP contribution in [0.1, 0.15) is 34.8 Å². The highest BCUT2D eigenvalue weighted by molar-refractivity contribution is 8.03. The van der Waals surface area contributed by atoms with Gasteiger partial charge in [-0.1, -0.05) is 47.4 Å². The zero-order valence-corrected chi connectivity index (χ0v) is 23.3. The predicted octanol–water partition coefficient (Wildman–Crippen LogP) is 5.60. The van der Waals surface area contributed by atoms with Crippen LogP contribution in [0.2, 0.25) is 0 Å². The first-order valence-electron chi connectivity index (χ1n) is 12.3. The molecule has 1 aliphatic rings. The fourth-order valence-electron chi connectivity index (χ4n) is 4.66. The molecule has 0 aliphatic carbocycles. The van der Waals surface area contributed by atoms with Crippen molar-refractivity contribution in [3.63, 3.8) is 0 Å². The number of aromatic carboxylic acids is 1. The van der Waals surface area contributed by atoms with Crippen LogP contribution in [0.25, 0.3) is 21.9 Å². The molecule has 3 aromatic carbocycles. The molecular weight excluding hydrogens is 516 g/mol. The summed E-state index contributed by atoms with van der Waals surface area (Å²) in [7, 11) is 3.33. The molecule has 0 bridgehead atoms. The largest absolute Gasteiger partial charge is 0.545 e. The number of fused-ring (bicyclic) bond motifs is 2. The first-order chi connectivity index (χ1) is 18.5. The second-order valence-corrected chi connectivity index (χ2v) is 10.7. The lowest BCUT2D eigenvalue weighted by molar-refractivity contribution is -0.665. The molecule has 0 unspecified atom stereocenters. The van der Waals surface area contributed by atoms with Gasteiger partial charge in [0.2, 0.25) is 5.52 Å². The van der Waals surface area contributed by atoms with Gasteiger partial charge < -0.3 is 24.3 Å². The molecule has 0 amide bonds. The van der Waals surface area contributed by atoms with Crippen molar-refractivity contribution in [3.05, 3.63) is 87.9 Å². The molecule has 0 N–H and O–H groups in total. The Balaban J connectivity index is 1.71. The van der Waals surface area contributed by atoms with Crippen molar-refractivity contribution in [1.82, 2.24) is 0 Å². The number of carbonyl (C=O) groups is 1. The summed E-state index contributed by atoms with van der Waals surface area (Å²) < 4.78 is 14.3. The number of thiazole rings is 1. The molecule has 0 spiro atoms. The normalized spacial score (nSPS) is 14.3. The van der Waals surface area contributed by atoms with Crippen molar-refractivity contribution in [2.45, 2.75) is 25.3 Å². The Bertz CT molecular complexity index is 1590. The fraction of sp³-hybridized carbons (Fsp3) is 0.200. The van der Waals surface area contributed by atoms with Crippen molar-refractivity contribution in [1.29, 1.82) is 0 Å². The van der Waals surface area contributed by atoms with Crippen LogP contribution in [0.5, 0.6) is 11.5 Å². The number of benzene rings is 3. The minimum atomic E-state index is -1.20. The van der Waals surface area contributed by atoms with Crippen LogP contribution < -0.4 is 24.0 Å².